The van der Waals surface area contributed by atoms with Crippen LogP contribution >= 0.6 is 11.6 Å². The summed E-state index contributed by atoms with van der Waals surface area (Å²) < 4.78 is 10.9. The van der Waals surface area contributed by atoms with Gasteiger partial charge < -0.3 is 9.47 Å². The fraction of sp³-hybridized carbons (Fsp3) is 0.200. The zero-order valence-corrected chi connectivity index (χ0v) is 15.8. The second kappa shape index (κ2) is 10.2. The van der Waals surface area contributed by atoms with Crippen LogP contribution in [0.25, 0.3) is 6.08 Å². The predicted molar refractivity (Wildman–Crippen MR) is 104 cm³/mol. The molecule has 2 aromatic rings. The summed E-state index contributed by atoms with van der Waals surface area (Å²) in [5.41, 5.74) is 5.31. The summed E-state index contributed by atoms with van der Waals surface area (Å²) in [5, 5.41) is 0.531. The highest BCUT2D eigenvalue weighted by Gasteiger charge is 2.15. The number of carbonyl (C=O) groups is 2. The molecule has 2 amide bonds. The Labute approximate surface area is 163 Å². The maximum Gasteiger partial charge on any atom is 0.279 e. The monoisotopic (exact) mass is 388 g/mol. The molecule has 0 bridgehead atoms. The second-order valence-corrected chi connectivity index (χ2v) is 5.91. The number of rotatable bonds is 7. The van der Waals surface area contributed by atoms with E-state index in [-0.39, 0.29) is 0 Å². The Morgan fingerprint density at radius 1 is 1.07 bits per heavy atom. The summed E-state index contributed by atoms with van der Waals surface area (Å²) in [7, 11) is 0. The van der Waals surface area contributed by atoms with Crippen LogP contribution < -0.4 is 20.3 Å². The Morgan fingerprint density at radius 3 is 2.41 bits per heavy atom. The number of hydrazine groups is 1. The minimum absolute atomic E-state index is 0.483. The molecule has 0 aliphatic rings. The van der Waals surface area contributed by atoms with Crippen LogP contribution in [0.4, 0.5) is 0 Å². The van der Waals surface area contributed by atoms with Gasteiger partial charge in [-0.1, -0.05) is 29.8 Å². The fourth-order valence-corrected chi connectivity index (χ4v) is 2.28. The minimum atomic E-state index is -0.796. The molecule has 27 heavy (non-hydrogen) atoms. The van der Waals surface area contributed by atoms with E-state index >= 15 is 0 Å². The van der Waals surface area contributed by atoms with Crippen LogP contribution in [0.2, 0.25) is 5.02 Å². The Balaban J connectivity index is 1.80. The highest BCUT2D eigenvalue weighted by Crippen LogP contribution is 2.18. The van der Waals surface area contributed by atoms with Gasteiger partial charge in [-0.05, 0) is 55.8 Å². The lowest BCUT2D eigenvalue weighted by Gasteiger charge is -2.15. The van der Waals surface area contributed by atoms with Gasteiger partial charge in [0.1, 0.15) is 11.5 Å². The topological polar surface area (TPSA) is 76.7 Å². The van der Waals surface area contributed by atoms with Crippen molar-refractivity contribution >= 4 is 29.5 Å². The quantitative estimate of drug-likeness (QED) is 0.563. The number of carbonyl (C=O) groups excluding carboxylic acids is 2. The van der Waals surface area contributed by atoms with Crippen LogP contribution in [0.5, 0.6) is 11.5 Å². The number of ether oxygens (including phenoxy) is 2. The molecule has 0 aromatic heterocycles. The summed E-state index contributed by atoms with van der Waals surface area (Å²) in [6.45, 7) is 4.05. The molecule has 0 unspecified atom stereocenters. The molecule has 7 heteroatoms. The van der Waals surface area contributed by atoms with E-state index in [0.717, 1.165) is 5.75 Å². The van der Waals surface area contributed by atoms with Gasteiger partial charge in [0.2, 0.25) is 0 Å². The van der Waals surface area contributed by atoms with Crippen LogP contribution in [-0.4, -0.2) is 24.5 Å². The Hall–Kier alpha value is -2.99. The maximum absolute atomic E-state index is 12.0. The molecule has 6 nitrogen and oxygen atoms in total. The molecule has 0 aliphatic heterocycles. The molecule has 0 heterocycles. The minimum Gasteiger partial charge on any atom is -0.494 e. The third-order valence-electron chi connectivity index (χ3n) is 3.45. The van der Waals surface area contributed by atoms with Crippen molar-refractivity contribution in [3.05, 3.63) is 65.2 Å². The molecule has 2 aromatic carbocycles. The van der Waals surface area contributed by atoms with Crippen molar-refractivity contribution in [3.8, 4) is 11.5 Å². The van der Waals surface area contributed by atoms with Crippen LogP contribution in [0.1, 0.15) is 19.4 Å². The molecular formula is C20H21ClN2O4. The lowest BCUT2D eigenvalue weighted by molar-refractivity contribution is -0.131. The first-order valence-corrected chi connectivity index (χ1v) is 8.79. The van der Waals surface area contributed by atoms with Gasteiger partial charge in [-0.2, -0.15) is 0 Å². The maximum atomic E-state index is 12.0. The van der Waals surface area contributed by atoms with E-state index in [4.69, 9.17) is 21.1 Å². The normalized spacial score (nSPS) is 11.7. The van der Waals surface area contributed by atoms with Gasteiger partial charge >= 0.3 is 0 Å². The van der Waals surface area contributed by atoms with E-state index in [9.17, 15) is 9.59 Å². The lowest BCUT2D eigenvalue weighted by atomic mass is 10.2. The van der Waals surface area contributed by atoms with E-state index in [1.807, 2.05) is 13.0 Å². The molecule has 0 fully saturated rings. The summed E-state index contributed by atoms with van der Waals surface area (Å²) >= 11 is 6.00. The molecule has 142 valence electrons. The molecule has 0 saturated heterocycles. The molecule has 0 saturated carbocycles. The van der Waals surface area contributed by atoms with Gasteiger partial charge in [-0.15, -0.1) is 0 Å². The first-order valence-electron chi connectivity index (χ1n) is 8.41. The summed E-state index contributed by atoms with van der Waals surface area (Å²) in [6.07, 6.45) is 2.04. The smallest absolute Gasteiger partial charge is 0.279 e. The van der Waals surface area contributed by atoms with Gasteiger partial charge in [-0.25, -0.2) is 0 Å². The average molecular weight is 389 g/mol. The van der Waals surface area contributed by atoms with E-state index in [2.05, 4.69) is 10.9 Å². The van der Waals surface area contributed by atoms with E-state index in [1.165, 1.54) is 6.08 Å². The fourth-order valence-electron chi connectivity index (χ4n) is 2.08. The van der Waals surface area contributed by atoms with Gasteiger partial charge in [-0.3, -0.25) is 20.4 Å². The van der Waals surface area contributed by atoms with Crippen molar-refractivity contribution in [2.45, 2.75) is 20.0 Å². The lowest BCUT2D eigenvalue weighted by Crippen LogP contribution is -2.46. The Bertz CT molecular complexity index is 806. The van der Waals surface area contributed by atoms with Gasteiger partial charge in [0.05, 0.1) is 6.61 Å². The average Bonchev–Trinajstić information content (AvgIpc) is 2.67. The number of benzene rings is 2. The van der Waals surface area contributed by atoms with Crippen LogP contribution in [0, 0.1) is 0 Å². The number of hydrogen-bond donors (Lipinski definition) is 2. The second-order valence-electron chi connectivity index (χ2n) is 5.50. The SMILES string of the molecule is CCOc1ccc(O[C@H](C)C(=O)NNC(=O)/C=C/c2ccccc2Cl)cc1. The number of amides is 2. The van der Waals surface area contributed by atoms with E-state index < -0.39 is 17.9 Å². The largest absolute Gasteiger partial charge is 0.494 e. The van der Waals surface area contributed by atoms with Crippen LogP contribution in [-0.2, 0) is 9.59 Å². The zero-order valence-electron chi connectivity index (χ0n) is 15.1. The van der Waals surface area contributed by atoms with Crippen molar-refractivity contribution in [2.24, 2.45) is 0 Å². The first-order chi connectivity index (χ1) is 13.0. The van der Waals surface area contributed by atoms with Crippen molar-refractivity contribution in [3.63, 3.8) is 0 Å². The molecule has 0 spiro atoms. The van der Waals surface area contributed by atoms with E-state index in [1.54, 1.807) is 55.5 Å². The molecular weight excluding hydrogens is 368 g/mol. The number of hydrogen-bond acceptors (Lipinski definition) is 4. The van der Waals surface area contributed by atoms with Crippen molar-refractivity contribution in [1.29, 1.82) is 0 Å². The van der Waals surface area contributed by atoms with Crippen LogP contribution in [0.15, 0.2) is 54.6 Å². The predicted octanol–water partition coefficient (Wildman–Crippen LogP) is 3.37. The molecule has 1 atom stereocenters. The van der Waals surface area contributed by atoms with E-state index in [0.29, 0.717) is 22.9 Å². The van der Waals surface area contributed by atoms with Crippen molar-refractivity contribution in [2.75, 3.05) is 6.61 Å². The third kappa shape index (κ3) is 6.67. The summed E-state index contributed by atoms with van der Waals surface area (Å²) in [6, 6.07) is 14.0. The zero-order chi connectivity index (χ0) is 19.6. The Morgan fingerprint density at radius 2 is 1.74 bits per heavy atom. The molecule has 2 rings (SSSR count). The van der Waals surface area contributed by atoms with Crippen molar-refractivity contribution in [1.82, 2.24) is 10.9 Å². The van der Waals surface area contributed by atoms with Crippen LogP contribution in [0.3, 0.4) is 0 Å². The number of nitrogens with one attached hydrogen (secondary N) is 2. The highest BCUT2D eigenvalue weighted by molar-refractivity contribution is 6.32. The van der Waals surface area contributed by atoms with Gasteiger partial charge in [0, 0.05) is 11.1 Å². The third-order valence-corrected chi connectivity index (χ3v) is 3.79. The van der Waals surface area contributed by atoms with Gasteiger partial charge in [0.15, 0.2) is 6.10 Å². The van der Waals surface area contributed by atoms with Gasteiger partial charge in [0.25, 0.3) is 11.8 Å². The Kier molecular flexibility index (Phi) is 7.70. The first kappa shape index (κ1) is 20.3. The number of halogens is 1. The summed E-state index contributed by atoms with van der Waals surface area (Å²) in [5.74, 6) is 0.269. The molecule has 0 aliphatic carbocycles. The highest BCUT2D eigenvalue weighted by atomic mass is 35.5. The molecule has 2 N–H and O–H groups in total. The standard InChI is InChI=1S/C20H21ClN2O4/c1-3-26-16-9-11-17(12-10-16)27-14(2)20(25)23-22-19(24)13-8-15-6-4-5-7-18(15)21/h4-14H,3H2,1-2H3,(H,22,24)(H,23,25)/b13-8+/t14-/m1/s1. The van der Waals surface area contributed by atoms with Crippen molar-refractivity contribution < 1.29 is 19.1 Å². The molecule has 0 radical (unpaired) electrons. The summed E-state index contributed by atoms with van der Waals surface area (Å²) in [4.78, 5) is 23.8.